The lowest BCUT2D eigenvalue weighted by atomic mass is 9.91. The molecule has 1 saturated heterocycles. The zero-order valence-corrected chi connectivity index (χ0v) is 13.6. The van der Waals surface area contributed by atoms with Crippen molar-refractivity contribution in [1.82, 2.24) is 15.4 Å². The predicted molar refractivity (Wildman–Crippen MR) is 84.6 cm³/mol. The molecule has 1 aliphatic heterocycles. The summed E-state index contributed by atoms with van der Waals surface area (Å²) < 4.78 is 5.21. The number of hydrogen-bond acceptors (Lipinski definition) is 5. The van der Waals surface area contributed by atoms with Crippen LogP contribution in [0.5, 0.6) is 0 Å². The van der Waals surface area contributed by atoms with E-state index in [1.807, 2.05) is 0 Å². The van der Waals surface area contributed by atoms with Crippen LogP contribution in [0.2, 0.25) is 0 Å². The molecule has 0 radical (unpaired) electrons. The minimum atomic E-state index is -0.848. The number of rotatable bonds is 6. The SMILES string of the molecule is O=C(N[C@H]1CCN(CC2CC2)C[C@@H]1C(=O)O)c1cc(C2CC2)on1. The highest BCUT2D eigenvalue weighted by atomic mass is 16.5. The Hall–Kier alpha value is -1.89. The summed E-state index contributed by atoms with van der Waals surface area (Å²) in [5, 5.41) is 16.2. The number of piperidine rings is 1. The van der Waals surface area contributed by atoms with Crippen LogP contribution in [0.1, 0.15) is 54.3 Å². The third kappa shape index (κ3) is 3.45. The molecule has 0 aromatic carbocycles. The lowest BCUT2D eigenvalue weighted by molar-refractivity contribution is -0.144. The molecule has 0 spiro atoms. The first kappa shape index (κ1) is 15.6. The Kier molecular flexibility index (Phi) is 4.04. The Labute approximate surface area is 140 Å². The van der Waals surface area contributed by atoms with E-state index in [9.17, 15) is 14.7 Å². The predicted octanol–water partition coefficient (Wildman–Crippen LogP) is 1.47. The average molecular weight is 333 g/mol. The first-order valence-electron chi connectivity index (χ1n) is 8.83. The zero-order valence-electron chi connectivity index (χ0n) is 13.6. The van der Waals surface area contributed by atoms with Crippen molar-refractivity contribution in [3.8, 4) is 0 Å². The van der Waals surface area contributed by atoms with E-state index in [4.69, 9.17) is 4.52 Å². The normalized spacial score (nSPS) is 27.8. The number of nitrogens with one attached hydrogen (secondary N) is 1. The molecule has 1 aromatic heterocycles. The van der Waals surface area contributed by atoms with Crippen LogP contribution in [0.15, 0.2) is 10.6 Å². The molecule has 2 saturated carbocycles. The van der Waals surface area contributed by atoms with E-state index >= 15 is 0 Å². The number of aliphatic carboxylic acids is 1. The van der Waals surface area contributed by atoms with Gasteiger partial charge in [-0.2, -0.15) is 0 Å². The van der Waals surface area contributed by atoms with E-state index in [2.05, 4.69) is 15.4 Å². The summed E-state index contributed by atoms with van der Waals surface area (Å²) in [5.41, 5.74) is 0.251. The molecule has 3 aliphatic rings. The van der Waals surface area contributed by atoms with Gasteiger partial charge in [0.25, 0.3) is 5.91 Å². The molecule has 7 nitrogen and oxygen atoms in total. The Morgan fingerprint density at radius 3 is 2.75 bits per heavy atom. The van der Waals surface area contributed by atoms with Crippen molar-refractivity contribution in [2.24, 2.45) is 11.8 Å². The number of aromatic nitrogens is 1. The van der Waals surface area contributed by atoms with Gasteiger partial charge in [-0.3, -0.25) is 9.59 Å². The number of amides is 1. The number of hydrogen-bond donors (Lipinski definition) is 2. The molecule has 7 heteroatoms. The Bertz CT molecular complexity index is 636. The minimum Gasteiger partial charge on any atom is -0.481 e. The van der Waals surface area contributed by atoms with Crippen LogP contribution < -0.4 is 5.32 Å². The summed E-state index contributed by atoms with van der Waals surface area (Å²) >= 11 is 0. The molecule has 0 bridgehead atoms. The van der Waals surface area contributed by atoms with Gasteiger partial charge in [0, 0.05) is 37.7 Å². The molecule has 2 heterocycles. The molecule has 2 N–H and O–H groups in total. The molecule has 130 valence electrons. The largest absolute Gasteiger partial charge is 0.481 e. The maximum absolute atomic E-state index is 12.4. The van der Waals surface area contributed by atoms with Crippen LogP contribution in [0, 0.1) is 11.8 Å². The van der Waals surface area contributed by atoms with Gasteiger partial charge in [0.05, 0.1) is 5.92 Å². The lowest BCUT2D eigenvalue weighted by Gasteiger charge is -2.36. The van der Waals surface area contributed by atoms with Crippen LogP contribution in [0.4, 0.5) is 0 Å². The van der Waals surface area contributed by atoms with Gasteiger partial charge in [0.2, 0.25) is 0 Å². The topological polar surface area (TPSA) is 95.7 Å². The summed E-state index contributed by atoms with van der Waals surface area (Å²) in [7, 11) is 0. The fourth-order valence-electron chi connectivity index (χ4n) is 3.47. The highest BCUT2D eigenvalue weighted by Crippen LogP contribution is 2.40. The first-order valence-corrected chi connectivity index (χ1v) is 8.83. The molecule has 2 atom stereocenters. The van der Waals surface area contributed by atoms with Crippen molar-refractivity contribution in [1.29, 1.82) is 0 Å². The third-order valence-electron chi connectivity index (χ3n) is 5.28. The van der Waals surface area contributed by atoms with Crippen molar-refractivity contribution >= 4 is 11.9 Å². The fourth-order valence-corrected chi connectivity index (χ4v) is 3.47. The fraction of sp³-hybridized carbons (Fsp3) is 0.706. The molecule has 1 aromatic rings. The molecule has 3 fully saturated rings. The lowest BCUT2D eigenvalue weighted by Crippen LogP contribution is -2.53. The summed E-state index contributed by atoms with van der Waals surface area (Å²) in [6, 6.07) is 1.33. The van der Waals surface area contributed by atoms with Crippen molar-refractivity contribution in [2.45, 2.75) is 44.1 Å². The molecule has 0 unspecified atom stereocenters. The highest BCUT2D eigenvalue weighted by molar-refractivity contribution is 5.92. The van der Waals surface area contributed by atoms with Crippen molar-refractivity contribution in [3.63, 3.8) is 0 Å². The second kappa shape index (κ2) is 6.20. The molecule has 4 rings (SSSR count). The van der Waals surface area contributed by atoms with Gasteiger partial charge in [-0.05, 0) is 38.0 Å². The van der Waals surface area contributed by atoms with Gasteiger partial charge in [-0.25, -0.2) is 0 Å². The molecule has 24 heavy (non-hydrogen) atoms. The summed E-state index contributed by atoms with van der Waals surface area (Å²) in [6.45, 7) is 2.32. The second-order valence-corrected chi connectivity index (χ2v) is 7.41. The summed E-state index contributed by atoms with van der Waals surface area (Å²) in [6.07, 6.45) is 5.32. The number of likely N-dealkylation sites (tertiary alicyclic amines) is 1. The van der Waals surface area contributed by atoms with E-state index in [1.54, 1.807) is 6.07 Å². The highest BCUT2D eigenvalue weighted by Gasteiger charge is 2.37. The monoisotopic (exact) mass is 333 g/mol. The molecular weight excluding hydrogens is 310 g/mol. The molecular formula is C17H23N3O4. The van der Waals surface area contributed by atoms with Crippen molar-refractivity contribution in [2.75, 3.05) is 19.6 Å². The standard InChI is InChI=1S/C17H23N3O4/c21-16(14-7-15(24-19-14)11-3-4-11)18-13-5-6-20(8-10-1-2-10)9-12(13)17(22)23/h7,10-13H,1-6,8-9H2,(H,18,21)(H,22,23)/t12-,13-/m0/s1. The quantitative estimate of drug-likeness (QED) is 0.818. The van der Waals surface area contributed by atoms with Gasteiger partial charge in [-0.15, -0.1) is 0 Å². The van der Waals surface area contributed by atoms with E-state index in [-0.39, 0.29) is 17.6 Å². The van der Waals surface area contributed by atoms with Gasteiger partial charge < -0.3 is 19.8 Å². The third-order valence-corrected chi connectivity index (χ3v) is 5.28. The first-order chi connectivity index (χ1) is 11.6. The van der Waals surface area contributed by atoms with Crippen LogP contribution >= 0.6 is 0 Å². The maximum atomic E-state index is 12.4. The van der Waals surface area contributed by atoms with Crippen LogP contribution in [0.3, 0.4) is 0 Å². The average Bonchev–Trinajstić information content (AvgIpc) is 3.49. The maximum Gasteiger partial charge on any atom is 0.309 e. The van der Waals surface area contributed by atoms with Crippen molar-refractivity contribution in [3.05, 3.63) is 17.5 Å². The number of carbonyl (C=O) groups excluding carboxylic acids is 1. The van der Waals surface area contributed by atoms with E-state index < -0.39 is 11.9 Å². The van der Waals surface area contributed by atoms with Gasteiger partial charge in [-0.1, -0.05) is 5.16 Å². The smallest absolute Gasteiger partial charge is 0.309 e. The Morgan fingerprint density at radius 2 is 2.08 bits per heavy atom. The number of carboxylic acids is 1. The number of carboxylic acid groups (broad SMARTS) is 1. The van der Waals surface area contributed by atoms with Crippen LogP contribution in [-0.2, 0) is 4.79 Å². The molecule has 1 amide bonds. The van der Waals surface area contributed by atoms with E-state index in [1.165, 1.54) is 12.8 Å². The van der Waals surface area contributed by atoms with Crippen LogP contribution in [0.25, 0.3) is 0 Å². The summed E-state index contributed by atoms with van der Waals surface area (Å²) in [5.74, 6) is 0.139. The van der Waals surface area contributed by atoms with E-state index in [0.717, 1.165) is 37.6 Å². The van der Waals surface area contributed by atoms with Gasteiger partial charge in [0.1, 0.15) is 5.76 Å². The van der Waals surface area contributed by atoms with E-state index in [0.29, 0.717) is 18.9 Å². The Balaban J connectivity index is 1.37. The van der Waals surface area contributed by atoms with Crippen molar-refractivity contribution < 1.29 is 19.2 Å². The zero-order chi connectivity index (χ0) is 16.7. The van der Waals surface area contributed by atoms with Gasteiger partial charge >= 0.3 is 5.97 Å². The number of nitrogens with zero attached hydrogens (tertiary/aromatic N) is 2. The minimum absolute atomic E-state index is 0.251. The second-order valence-electron chi connectivity index (χ2n) is 7.41. The molecule has 2 aliphatic carbocycles. The summed E-state index contributed by atoms with van der Waals surface area (Å²) in [4.78, 5) is 26.2. The number of carbonyl (C=O) groups is 2. The Morgan fingerprint density at radius 1 is 1.29 bits per heavy atom. The van der Waals surface area contributed by atoms with Gasteiger partial charge in [0.15, 0.2) is 5.69 Å². The van der Waals surface area contributed by atoms with Crippen LogP contribution in [-0.4, -0.2) is 52.7 Å².